The van der Waals surface area contributed by atoms with E-state index in [0.29, 0.717) is 0 Å². The van der Waals surface area contributed by atoms with Gasteiger partial charge < -0.3 is 0 Å². The molecule has 0 unspecified atom stereocenters. The molecule has 4 rings (SSSR count). The second kappa shape index (κ2) is 5.66. The number of para-hydroxylation sites is 1. The molecule has 0 N–H and O–H groups in total. The summed E-state index contributed by atoms with van der Waals surface area (Å²) in [5.74, 6) is 0. The highest BCUT2D eigenvalue weighted by Crippen LogP contribution is 2.33. The second-order valence-electron chi connectivity index (χ2n) is 6.39. The van der Waals surface area contributed by atoms with Crippen molar-refractivity contribution in [1.82, 2.24) is 0 Å². The largest absolute Gasteiger partial charge is 0.257 e. The third-order valence-electron chi connectivity index (χ3n) is 4.91. The van der Waals surface area contributed by atoms with E-state index in [-0.39, 0.29) is 0 Å². The highest BCUT2D eigenvalue weighted by Gasteiger charge is 2.21. The van der Waals surface area contributed by atoms with E-state index in [0.717, 1.165) is 24.9 Å². The number of hydrogen-bond donors (Lipinski definition) is 0. The van der Waals surface area contributed by atoms with Crippen LogP contribution in [0.25, 0.3) is 10.8 Å². The summed E-state index contributed by atoms with van der Waals surface area (Å²) in [7, 11) is 0. The molecule has 23 heavy (non-hydrogen) atoms. The minimum absolute atomic E-state index is 0.982. The second-order valence-corrected chi connectivity index (χ2v) is 6.39. The maximum Gasteiger partial charge on any atom is 0.0661 e. The van der Waals surface area contributed by atoms with Crippen molar-refractivity contribution in [2.45, 2.75) is 33.1 Å². The Labute approximate surface area is 137 Å². The summed E-state index contributed by atoms with van der Waals surface area (Å²) >= 11 is 0. The number of benzene rings is 3. The third-order valence-corrected chi connectivity index (χ3v) is 4.91. The first kappa shape index (κ1) is 14.2. The number of rotatable bonds is 2. The monoisotopic (exact) mass is 299 g/mol. The molecule has 0 radical (unpaired) electrons. The Hall–Kier alpha value is -2.41. The van der Waals surface area contributed by atoms with Crippen LogP contribution in [0, 0.1) is 6.92 Å². The summed E-state index contributed by atoms with van der Waals surface area (Å²) < 4.78 is 0. The Kier molecular flexibility index (Phi) is 3.49. The molecule has 114 valence electrons. The molecular weight excluding hydrogens is 278 g/mol. The molecule has 0 spiro atoms. The van der Waals surface area contributed by atoms with Gasteiger partial charge in [0.2, 0.25) is 0 Å². The van der Waals surface area contributed by atoms with Gasteiger partial charge >= 0.3 is 0 Å². The van der Waals surface area contributed by atoms with Crippen LogP contribution in [-0.4, -0.2) is 5.71 Å². The van der Waals surface area contributed by atoms with Crippen molar-refractivity contribution in [3.8, 4) is 0 Å². The lowest BCUT2D eigenvalue weighted by Crippen LogP contribution is -1.96. The Balaban J connectivity index is 1.80. The lowest BCUT2D eigenvalue weighted by molar-refractivity contribution is 1.13. The van der Waals surface area contributed by atoms with Gasteiger partial charge in [-0.15, -0.1) is 0 Å². The Morgan fingerprint density at radius 2 is 1.65 bits per heavy atom. The fourth-order valence-corrected chi connectivity index (χ4v) is 3.71. The van der Waals surface area contributed by atoms with Crippen molar-refractivity contribution in [2.24, 2.45) is 4.99 Å². The van der Waals surface area contributed by atoms with Crippen molar-refractivity contribution >= 4 is 22.2 Å². The van der Waals surface area contributed by atoms with Gasteiger partial charge in [0.05, 0.1) is 5.69 Å². The van der Waals surface area contributed by atoms with Crippen LogP contribution in [0.3, 0.4) is 0 Å². The minimum Gasteiger partial charge on any atom is -0.257 e. The molecule has 3 aromatic carbocycles. The molecule has 1 aliphatic carbocycles. The lowest BCUT2D eigenvalue weighted by Gasteiger charge is -2.07. The normalized spacial score (nSPS) is 15.3. The van der Waals surface area contributed by atoms with Gasteiger partial charge in [0.25, 0.3) is 0 Å². The van der Waals surface area contributed by atoms with Gasteiger partial charge in [-0.05, 0) is 52.4 Å². The summed E-state index contributed by atoms with van der Waals surface area (Å²) in [5, 5.41) is 2.74. The standard InChI is InChI=1S/C22H21N/c1-3-16-8-5-7-11-22(16)23-18-13-20-15(2)12-17-9-4-6-10-19(17)21(20)14-18/h4-12H,3,13-14H2,1-2H3. The number of nitrogens with zero attached hydrogens (tertiary/aromatic N) is 1. The van der Waals surface area contributed by atoms with Crippen molar-refractivity contribution in [1.29, 1.82) is 0 Å². The van der Waals surface area contributed by atoms with E-state index in [4.69, 9.17) is 4.99 Å². The topological polar surface area (TPSA) is 12.4 Å². The SMILES string of the molecule is CCc1ccccc1N=C1Cc2c(C)cc3ccccc3c2C1. The van der Waals surface area contributed by atoms with Gasteiger partial charge in [-0.2, -0.15) is 0 Å². The van der Waals surface area contributed by atoms with Crippen LogP contribution in [-0.2, 0) is 19.3 Å². The van der Waals surface area contributed by atoms with Crippen LogP contribution in [0.5, 0.6) is 0 Å². The van der Waals surface area contributed by atoms with Crippen LogP contribution in [0.2, 0.25) is 0 Å². The van der Waals surface area contributed by atoms with Crippen LogP contribution in [0.15, 0.2) is 59.6 Å². The van der Waals surface area contributed by atoms with E-state index in [2.05, 4.69) is 68.4 Å². The number of aryl methyl sites for hydroxylation is 2. The number of aliphatic imine (C=N–C) groups is 1. The highest BCUT2D eigenvalue weighted by atomic mass is 14.8. The van der Waals surface area contributed by atoms with Crippen LogP contribution in [0.4, 0.5) is 5.69 Å². The molecule has 0 aliphatic heterocycles. The average Bonchev–Trinajstić information content (AvgIpc) is 3.00. The fourth-order valence-electron chi connectivity index (χ4n) is 3.71. The van der Waals surface area contributed by atoms with Gasteiger partial charge in [-0.25, -0.2) is 0 Å². The smallest absolute Gasteiger partial charge is 0.0661 e. The molecule has 0 bridgehead atoms. The molecule has 0 aromatic heterocycles. The number of hydrogen-bond acceptors (Lipinski definition) is 1. The maximum absolute atomic E-state index is 5.01. The predicted molar refractivity (Wildman–Crippen MR) is 99.0 cm³/mol. The third kappa shape index (κ3) is 2.46. The van der Waals surface area contributed by atoms with Crippen molar-refractivity contribution in [3.63, 3.8) is 0 Å². The molecule has 1 heteroatoms. The summed E-state index contributed by atoms with van der Waals surface area (Å²) in [6.45, 7) is 4.42. The zero-order valence-electron chi connectivity index (χ0n) is 13.8. The van der Waals surface area contributed by atoms with E-state index in [1.165, 1.54) is 38.7 Å². The molecule has 1 nitrogen and oxygen atoms in total. The maximum atomic E-state index is 5.01. The summed E-state index contributed by atoms with van der Waals surface area (Å²) in [6.07, 6.45) is 3.00. The molecule has 0 heterocycles. The Morgan fingerprint density at radius 1 is 0.913 bits per heavy atom. The van der Waals surface area contributed by atoms with Crippen LogP contribution < -0.4 is 0 Å². The van der Waals surface area contributed by atoms with Gasteiger partial charge in [0.1, 0.15) is 0 Å². The van der Waals surface area contributed by atoms with Gasteiger partial charge in [-0.3, -0.25) is 4.99 Å². The van der Waals surface area contributed by atoms with Gasteiger partial charge in [0.15, 0.2) is 0 Å². The first-order chi connectivity index (χ1) is 11.3. The minimum atomic E-state index is 0.982. The van der Waals surface area contributed by atoms with E-state index >= 15 is 0 Å². The highest BCUT2D eigenvalue weighted by molar-refractivity contribution is 6.01. The summed E-state index contributed by atoms with van der Waals surface area (Å²) in [5.41, 5.74) is 8.12. The Bertz CT molecular complexity index is 918. The van der Waals surface area contributed by atoms with Gasteiger partial charge in [0, 0.05) is 18.6 Å². The zero-order valence-corrected chi connectivity index (χ0v) is 13.8. The predicted octanol–water partition coefficient (Wildman–Crippen LogP) is 5.58. The molecule has 0 saturated heterocycles. The molecule has 0 saturated carbocycles. The van der Waals surface area contributed by atoms with Crippen LogP contribution in [0.1, 0.15) is 29.2 Å². The average molecular weight is 299 g/mol. The van der Waals surface area contributed by atoms with E-state index < -0.39 is 0 Å². The summed E-state index contributed by atoms with van der Waals surface area (Å²) in [4.78, 5) is 5.01. The van der Waals surface area contributed by atoms with Gasteiger partial charge in [-0.1, -0.05) is 55.5 Å². The Morgan fingerprint density at radius 3 is 2.52 bits per heavy atom. The van der Waals surface area contributed by atoms with Crippen molar-refractivity contribution in [2.75, 3.05) is 0 Å². The zero-order chi connectivity index (χ0) is 15.8. The first-order valence-corrected chi connectivity index (χ1v) is 8.40. The van der Waals surface area contributed by atoms with E-state index in [1.54, 1.807) is 0 Å². The lowest BCUT2D eigenvalue weighted by atomic mass is 9.97. The molecule has 0 atom stereocenters. The van der Waals surface area contributed by atoms with Crippen molar-refractivity contribution < 1.29 is 0 Å². The number of fused-ring (bicyclic) bond motifs is 3. The fraction of sp³-hybridized carbons (Fsp3) is 0.227. The van der Waals surface area contributed by atoms with E-state index in [9.17, 15) is 0 Å². The van der Waals surface area contributed by atoms with Crippen LogP contribution >= 0.6 is 0 Å². The first-order valence-electron chi connectivity index (χ1n) is 8.40. The quantitative estimate of drug-likeness (QED) is 0.585. The molecule has 0 amide bonds. The van der Waals surface area contributed by atoms with E-state index in [1.807, 2.05) is 0 Å². The summed E-state index contributed by atoms with van der Waals surface area (Å²) in [6, 6.07) is 19.5. The molecule has 0 fully saturated rings. The molecule has 1 aliphatic rings. The molecular formula is C22H21N. The molecule has 3 aromatic rings. The van der Waals surface area contributed by atoms with Crippen molar-refractivity contribution in [3.05, 3.63) is 76.9 Å².